The van der Waals surface area contributed by atoms with E-state index in [-0.39, 0.29) is 12.4 Å². The van der Waals surface area contributed by atoms with Crippen LogP contribution in [0.25, 0.3) is 0 Å². The quantitative estimate of drug-likeness (QED) is 0.796. The van der Waals surface area contributed by atoms with Gasteiger partial charge in [0.2, 0.25) is 5.76 Å². The SMILES string of the molecule is COC(=O)c1ccc(COC(=O)c2ccc3c(c2)OCCCO3)o1. The normalized spacial score (nSPS) is 13.0. The molecule has 126 valence electrons. The van der Waals surface area contributed by atoms with Crippen LogP contribution in [0.5, 0.6) is 11.5 Å². The Kier molecular flexibility index (Phi) is 4.69. The summed E-state index contributed by atoms with van der Waals surface area (Å²) in [5.74, 6) is 0.417. The molecule has 7 heteroatoms. The second-order valence-corrected chi connectivity index (χ2v) is 5.05. The molecular weight excluding hydrogens is 316 g/mol. The molecule has 24 heavy (non-hydrogen) atoms. The van der Waals surface area contributed by atoms with Crippen molar-refractivity contribution in [2.75, 3.05) is 20.3 Å². The van der Waals surface area contributed by atoms with E-state index in [2.05, 4.69) is 4.74 Å². The van der Waals surface area contributed by atoms with Crippen LogP contribution in [0.2, 0.25) is 0 Å². The Morgan fingerprint density at radius 3 is 2.62 bits per heavy atom. The number of esters is 2. The van der Waals surface area contributed by atoms with Crippen molar-refractivity contribution in [3.05, 3.63) is 47.4 Å². The molecular formula is C17H16O7. The van der Waals surface area contributed by atoms with E-state index >= 15 is 0 Å². The lowest BCUT2D eigenvalue weighted by Crippen LogP contribution is -2.05. The highest BCUT2D eigenvalue weighted by atomic mass is 16.6. The summed E-state index contributed by atoms with van der Waals surface area (Å²) in [5, 5.41) is 0. The lowest BCUT2D eigenvalue weighted by Gasteiger charge is -2.09. The molecule has 1 aliphatic rings. The number of ether oxygens (including phenoxy) is 4. The van der Waals surface area contributed by atoms with Gasteiger partial charge >= 0.3 is 11.9 Å². The van der Waals surface area contributed by atoms with E-state index in [1.807, 2.05) is 0 Å². The number of hydrogen-bond donors (Lipinski definition) is 0. The number of methoxy groups -OCH3 is 1. The first kappa shape index (κ1) is 15.9. The van der Waals surface area contributed by atoms with Gasteiger partial charge in [-0.3, -0.25) is 0 Å². The Hall–Kier alpha value is -2.96. The minimum absolute atomic E-state index is 0.0547. The van der Waals surface area contributed by atoms with Gasteiger partial charge in [0.25, 0.3) is 0 Å². The third-order valence-corrected chi connectivity index (χ3v) is 3.38. The summed E-state index contributed by atoms with van der Waals surface area (Å²) in [6.45, 7) is 1.02. The maximum Gasteiger partial charge on any atom is 0.373 e. The van der Waals surface area contributed by atoms with Crippen LogP contribution >= 0.6 is 0 Å². The molecule has 1 aliphatic heterocycles. The molecule has 7 nitrogen and oxygen atoms in total. The maximum atomic E-state index is 12.1. The Morgan fingerprint density at radius 1 is 1.04 bits per heavy atom. The predicted molar refractivity (Wildman–Crippen MR) is 81.2 cm³/mol. The van der Waals surface area contributed by atoms with Crippen molar-refractivity contribution in [2.45, 2.75) is 13.0 Å². The zero-order valence-corrected chi connectivity index (χ0v) is 13.1. The third-order valence-electron chi connectivity index (χ3n) is 3.38. The van der Waals surface area contributed by atoms with Gasteiger partial charge in [-0.25, -0.2) is 9.59 Å². The van der Waals surface area contributed by atoms with E-state index in [0.717, 1.165) is 6.42 Å². The van der Waals surface area contributed by atoms with E-state index < -0.39 is 11.9 Å². The van der Waals surface area contributed by atoms with E-state index in [0.29, 0.717) is 36.0 Å². The molecule has 1 aromatic carbocycles. The van der Waals surface area contributed by atoms with Crippen LogP contribution in [0.15, 0.2) is 34.7 Å². The standard InChI is InChI=1S/C17H16O7/c1-20-17(19)14-6-4-12(24-14)10-23-16(18)11-3-5-13-15(9-11)22-8-2-7-21-13/h3-6,9H,2,7-8,10H2,1H3. The Bertz CT molecular complexity index is 747. The van der Waals surface area contributed by atoms with Gasteiger partial charge in [-0.2, -0.15) is 0 Å². The minimum Gasteiger partial charge on any atom is -0.490 e. The first-order chi connectivity index (χ1) is 11.7. The van der Waals surface area contributed by atoms with Crippen LogP contribution in [-0.4, -0.2) is 32.3 Å². The fourth-order valence-electron chi connectivity index (χ4n) is 2.18. The molecule has 0 aliphatic carbocycles. The lowest BCUT2D eigenvalue weighted by molar-refractivity contribution is 0.0438. The van der Waals surface area contributed by atoms with Gasteiger partial charge in [0.15, 0.2) is 11.5 Å². The fraction of sp³-hybridized carbons (Fsp3) is 0.294. The molecule has 0 N–H and O–H groups in total. The van der Waals surface area contributed by atoms with E-state index in [9.17, 15) is 9.59 Å². The molecule has 0 unspecified atom stereocenters. The molecule has 0 atom stereocenters. The van der Waals surface area contributed by atoms with Crippen LogP contribution in [0.3, 0.4) is 0 Å². The summed E-state index contributed by atoms with van der Waals surface area (Å²) in [6.07, 6.45) is 0.787. The molecule has 0 saturated heterocycles. The highest BCUT2D eigenvalue weighted by Gasteiger charge is 2.16. The number of benzene rings is 1. The molecule has 0 amide bonds. The highest BCUT2D eigenvalue weighted by molar-refractivity contribution is 5.90. The van der Waals surface area contributed by atoms with Crippen molar-refractivity contribution in [1.82, 2.24) is 0 Å². The van der Waals surface area contributed by atoms with Crippen molar-refractivity contribution >= 4 is 11.9 Å². The highest BCUT2D eigenvalue weighted by Crippen LogP contribution is 2.30. The van der Waals surface area contributed by atoms with Crippen molar-refractivity contribution < 1.29 is 33.0 Å². The van der Waals surface area contributed by atoms with E-state index in [4.69, 9.17) is 18.6 Å². The van der Waals surface area contributed by atoms with Crippen molar-refractivity contribution in [2.24, 2.45) is 0 Å². The summed E-state index contributed by atoms with van der Waals surface area (Å²) >= 11 is 0. The number of carbonyl (C=O) groups excluding carboxylic acids is 2. The molecule has 2 heterocycles. The zero-order valence-electron chi connectivity index (χ0n) is 13.1. The van der Waals surface area contributed by atoms with Gasteiger partial charge in [-0.15, -0.1) is 0 Å². The second kappa shape index (κ2) is 7.08. The van der Waals surface area contributed by atoms with Crippen LogP contribution in [0.4, 0.5) is 0 Å². The Labute approximate surface area is 138 Å². The third kappa shape index (κ3) is 3.51. The molecule has 1 aromatic heterocycles. The van der Waals surface area contributed by atoms with Crippen LogP contribution in [0.1, 0.15) is 33.1 Å². The van der Waals surface area contributed by atoms with Gasteiger partial charge in [0.1, 0.15) is 12.4 Å². The molecule has 0 radical (unpaired) electrons. The van der Waals surface area contributed by atoms with E-state index in [1.54, 1.807) is 24.3 Å². The largest absolute Gasteiger partial charge is 0.490 e. The smallest absolute Gasteiger partial charge is 0.373 e. The summed E-state index contributed by atoms with van der Waals surface area (Å²) < 4.78 is 26.0. The van der Waals surface area contributed by atoms with Crippen molar-refractivity contribution in [1.29, 1.82) is 0 Å². The summed E-state index contributed by atoms with van der Waals surface area (Å²) in [4.78, 5) is 23.4. The first-order valence-electron chi connectivity index (χ1n) is 7.41. The minimum atomic E-state index is -0.588. The van der Waals surface area contributed by atoms with E-state index in [1.165, 1.54) is 13.2 Å². The number of carbonyl (C=O) groups is 2. The monoisotopic (exact) mass is 332 g/mol. The Balaban J connectivity index is 1.64. The van der Waals surface area contributed by atoms with Gasteiger partial charge < -0.3 is 23.4 Å². The van der Waals surface area contributed by atoms with Gasteiger partial charge in [-0.1, -0.05) is 0 Å². The van der Waals surface area contributed by atoms with Crippen molar-refractivity contribution in [3.63, 3.8) is 0 Å². The maximum absolute atomic E-state index is 12.1. The molecule has 0 spiro atoms. The average Bonchev–Trinajstić information content (AvgIpc) is 2.96. The number of rotatable bonds is 4. The van der Waals surface area contributed by atoms with Crippen LogP contribution < -0.4 is 9.47 Å². The summed E-state index contributed by atoms with van der Waals surface area (Å²) in [6, 6.07) is 7.89. The van der Waals surface area contributed by atoms with Gasteiger partial charge in [0.05, 0.1) is 25.9 Å². The number of fused-ring (bicyclic) bond motifs is 1. The van der Waals surface area contributed by atoms with Crippen LogP contribution in [0, 0.1) is 0 Å². The predicted octanol–water partition coefficient (Wildman–Crippen LogP) is 2.58. The van der Waals surface area contributed by atoms with Gasteiger partial charge in [-0.05, 0) is 30.3 Å². The second-order valence-electron chi connectivity index (χ2n) is 5.05. The van der Waals surface area contributed by atoms with Gasteiger partial charge in [0, 0.05) is 6.42 Å². The summed E-state index contributed by atoms with van der Waals surface area (Å²) in [7, 11) is 1.26. The first-order valence-corrected chi connectivity index (χ1v) is 7.41. The fourth-order valence-corrected chi connectivity index (χ4v) is 2.18. The lowest BCUT2D eigenvalue weighted by atomic mass is 10.2. The summed E-state index contributed by atoms with van der Waals surface area (Å²) in [5.41, 5.74) is 0.346. The topological polar surface area (TPSA) is 84.2 Å². The number of furan rings is 1. The molecule has 0 saturated carbocycles. The van der Waals surface area contributed by atoms with Crippen LogP contribution in [-0.2, 0) is 16.1 Å². The number of hydrogen-bond acceptors (Lipinski definition) is 7. The van der Waals surface area contributed by atoms with Crippen molar-refractivity contribution in [3.8, 4) is 11.5 Å². The molecule has 0 fully saturated rings. The molecule has 0 bridgehead atoms. The molecule has 2 aromatic rings. The molecule has 3 rings (SSSR count). The Morgan fingerprint density at radius 2 is 1.83 bits per heavy atom. The zero-order chi connectivity index (χ0) is 16.9. The average molecular weight is 332 g/mol.